The van der Waals surface area contributed by atoms with Crippen molar-refractivity contribution < 1.29 is 4.79 Å². The molecular weight excluding hydrogens is 370 g/mol. The minimum atomic E-state index is -0.233. The predicted molar refractivity (Wildman–Crippen MR) is 95.7 cm³/mol. The maximum atomic E-state index is 12.1. The largest absolute Gasteiger partial charge is 0.365 e. The lowest BCUT2D eigenvalue weighted by atomic mass is 10.2. The summed E-state index contributed by atoms with van der Waals surface area (Å²) in [6.45, 7) is 0.626. The fraction of sp³-hybridized carbons (Fsp3) is 0.0588. The zero-order valence-electron chi connectivity index (χ0n) is 12.6. The Bertz CT molecular complexity index is 824. The summed E-state index contributed by atoms with van der Waals surface area (Å²) in [4.78, 5) is 16.1. The molecule has 0 atom stereocenters. The van der Waals surface area contributed by atoms with E-state index in [9.17, 15) is 4.79 Å². The van der Waals surface area contributed by atoms with Crippen LogP contribution in [-0.4, -0.2) is 21.1 Å². The molecule has 0 saturated heterocycles. The van der Waals surface area contributed by atoms with E-state index in [1.165, 1.54) is 0 Å². The van der Waals surface area contributed by atoms with Crippen molar-refractivity contribution in [2.75, 3.05) is 10.6 Å². The van der Waals surface area contributed by atoms with E-state index >= 15 is 0 Å². The third-order valence-electron chi connectivity index (χ3n) is 3.22. The summed E-state index contributed by atoms with van der Waals surface area (Å²) < 4.78 is 0.844. The van der Waals surface area contributed by atoms with Gasteiger partial charge in [0, 0.05) is 29.0 Å². The van der Waals surface area contributed by atoms with Gasteiger partial charge in [-0.05, 0) is 48.0 Å². The molecule has 0 bridgehead atoms. The lowest BCUT2D eigenvalue weighted by molar-refractivity contribution is 0.102. The van der Waals surface area contributed by atoms with Crippen LogP contribution in [0.3, 0.4) is 0 Å². The average molecular weight is 384 g/mol. The molecular formula is C17H14BrN5O. The van der Waals surface area contributed by atoms with Crippen LogP contribution in [0.15, 0.2) is 65.4 Å². The SMILES string of the molecule is O=C(Nc1ccc(NCc2ccncc2)nn1)c1cccc(Br)c1. The Kier molecular flexibility index (Phi) is 5.12. The molecule has 3 aromatic rings. The number of halogens is 1. The van der Waals surface area contributed by atoms with Crippen molar-refractivity contribution in [3.63, 3.8) is 0 Å². The first-order valence-corrected chi connectivity index (χ1v) is 8.03. The highest BCUT2D eigenvalue weighted by Crippen LogP contribution is 2.14. The van der Waals surface area contributed by atoms with Gasteiger partial charge in [0.1, 0.15) is 5.82 Å². The lowest BCUT2D eigenvalue weighted by Gasteiger charge is -2.07. The number of carbonyl (C=O) groups is 1. The van der Waals surface area contributed by atoms with Gasteiger partial charge in [-0.2, -0.15) is 0 Å². The summed E-state index contributed by atoms with van der Waals surface area (Å²) in [6.07, 6.45) is 3.48. The van der Waals surface area contributed by atoms with Crippen LogP contribution in [0.2, 0.25) is 0 Å². The van der Waals surface area contributed by atoms with E-state index < -0.39 is 0 Å². The Balaban J connectivity index is 1.59. The Labute approximate surface area is 147 Å². The van der Waals surface area contributed by atoms with Gasteiger partial charge in [-0.1, -0.05) is 22.0 Å². The van der Waals surface area contributed by atoms with Crippen LogP contribution in [0.4, 0.5) is 11.6 Å². The molecule has 0 aliphatic rings. The van der Waals surface area contributed by atoms with E-state index in [2.05, 4.69) is 41.7 Å². The standard InChI is InChI=1S/C17H14BrN5O/c18-14-3-1-2-13(10-14)17(24)21-16-5-4-15(22-23-16)20-11-12-6-8-19-9-7-12/h1-10H,11H2,(H,20,22)(H,21,23,24). The molecule has 0 saturated carbocycles. The first kappa shape index (κ1) is 16.1. The van der Waals surface area contributed by atoms with E-state index in [0.29, 0.717) is 23.7 Å². The number of benzene rings is 1. The summed E-state index contributed by atoms with van der Waals surface area (Å²) in [5.74, 6) is 0.796. The van der Waals surface area contributed by atoms with Gasteiger partial charge < -0.3 is 10.6 Å². The topological polar surface area (TPSA) is 79.8 Å². The third kappa shape index (κ3) is 4.36. The summed E-state index contributed by atoms with van der Waals surface area (Å²) >= 11 is 3.34. The van der Waals surface area contributed by atoms with Gasteiger partial charge in [-0.15, -0.1) is 10.2 Å². The van der Waals surface area contributed by atoms with Gasteiger partial charge in [0.25, 0.3) is 5.91 Å². The van der Waals surface area contributed by atoms with Crippen molar-refractivity contribution in [1.82, 2.24) is 15.2 Å². The minimum Gasteiger partial charge on any atom is -0.365 e. The summed E-state index contributed by atoms with van der Waals surface area (Å²) in [7, 11) is 0. The number of pyridine rings is 1. The number of aromatic nitrogens is 3. The molecule has 3 rings (SSSR count). The highest BCUT2D eigenvalue weighted by atomic mass is 79.9. The summed E-state index contributed by atoms with van der Waals surface area (Å²) in [6, 6.07) is 14.5. The molecule has 0 aliphatic carbocycles. The Morgan fingerprint density at radius 2 is 1.75 bits per heavy atom. The second-order valence-corrected chi connectivity index (χ2v) is 5.89. The van der Waals surface area contributed by atoms with Crippen molar-refractivity contribution in [2.45, 2.75) is 6.54 Å². The van der Waals surface area contributed by atoms with Gasteiger partial charge >= 0.3 is 0 Å². The van der Waals surface area contributed by atoms with E-state index in [0.717, 1.165) is 10.0 Å². The van der Waals surface area contributed by atoms with Gasteiger partial charge in [-0.25, -0.2) is 0 Å². The van der Waals surface area contributed by atoms with Crippen LogP contribution in [0.1, 0.15) is 15.9 Å². The normalized spacial score (nSPS) is 10.2. The van der Waals surface area contributed by atoms with Gasteiger partial charge in [0.05, 0.1) is 0 Å². The molecule has 7 heteroatoms. The molecule has 1 amide bonds. The fourth-order valence-corrected chi connectivity index (χ4v) is 2.40. The van der Waals surface area contributed by atoms with Crippen LogP contribution in [0, 0.1) is 0 Å². The van der Waals surface area contributed by atoms with Crippen LogP contribution >= 0.6 is 15.9 Å². The second kappa shape index (κ2) is 7.65. The number of rotatable bonds is 5. The number of hydrogen-bond donors (Lipinski definition) is 2. The molecule has 120 valence electrons. The maximum Gasteiger partial charge on any atom is 0.256 e. The number of carbonyl (C=O) groups excluding carboxylic acids is 1. The van der Waals surface area contributed by atoms with Crippen molar-refractivity contribution in [2.24, 2.45) is 0 Å². The number of amides is 1. The zero-order chi connectivity index (χ0) is 16.8. The van der Waals surface area contributed by atoms with Crippen molar-refractivity contribution >= 4 is 33.5 Å². The molecule has 2 heterocycles. The molecule has 0 fully saturated rings. The smallest absolute Gasteiger partial charge is 0.256 e. The first-order chi connectivity index (χ1) is 11.7. The highest BCUT2D eigenvalue weighted by Gasteiger charge is 2.07. The molecule has 0 spiro atoms. The molecule has 2 aromatic heterocycles. The van der Waals surface area contributed by atoms with Crippen LogP contribution in [-0.2, 0) is 6.54 Å². The number of nitrogens with one attached hydrogen (secondary N) is 2. The van der Waals surface area contributed by atoms with Crippen molar-refractivity contribution in [3.05, 3.63) is 76.5 Å². The molecule has 0 aliphatic heterocycles. The molecule has 2 N–H and O–H groups in total. The van der Waals surface area contributed by atoms with E-state index in [1.54, 1.807) is 42.7 Å². The lowest BCUT2D eigenvalue weighted by Crippen LogP contribution is -2.13. The van der Waals surface area contributed by atoms with Gasteiger partial charge in [0.15, 0.2) is 5.82 Å². The molecule has 1 aromatic carbocycles. The highest BCUT2D eigenvalue weighted by molar-refractivity contribution is 9.10. The maximum absolute atomic E-state index is 12.1. The Hall–Kier alpha value is -2.80. The fourth-order valence-electron chi connectivity index (χ4n) is 2.00. The van der Waals surface area contributed by atoms with Gasteiger partial charge in [-0.3, -0.25) is 9.78 Å². The molecule has 0 unspecified atom stereocenters. The third-order valence-corrected chi connectivity index (χ3v) is 3.71. The minimum absolute atomic E-state index is 0.233. The monoisotopic (exact) mass is 383 g/mol. The summed E-state index contributed by atoms with van der Waals surface area (Å²) in [5.41, 5.74) is 1.64. The number of anilines is 2. The Morgan fingerprint density at radius 3 is 2.46 bits per heavy atom. The predicted octanol–water partition coefficient (Wildman–Crippen LogP) is 3.50. The van der Waals surface area contributed by atoms with E-state index in [1.807, 2.05) is 18.2 Å². The quantitative estimate of drug-likeness (QED) is 0.704. The molecule has 24 heavy (non-hydrogen) atoms. The summed E-state index contributed by atoms with van der Waals surface area (Å²) in [5, 5.41) is 13.9. The van der Waals surface area contributed by atoms with Crippen LogP contribution < -0.4 is 10.6 Å². The number of nitrogens with zero attached hydrogens (tertiary/aromatic N) is 3. The van der Waals surface area contributed by atoms with Gasteiger partial charge in [0.2, 0.25) is 0 Å². The zero-order valence-corrected chi connectivity index (χ0v) is 14.2. The van der Waals surface area contributed by atoms with Crippen LogP contribution in [0.25, 0.3) is 0 Å². The van der Waals surface area contributed by atoms with E-state index in [4.69, 9.17) is 0 Å². The van der Waals surface area contributed by atoms with Crippen LogP contribution in [0.5, 0.6) is 0 Å². The molecule has 6 nitrogen and oxygen atoms in total. The first-order valence-electron chi connectivity index (χ1n) is 7.24. The Morgan fingerprint density at radius 1 is 1.00 bits per heavy atom. The average Bonchev–Trinajstić information content (AvgIpc) is 2.62. The number of hydrogen-bond acceptors (Lipinski definition) is 5. The second-order valence-electron chi connectivity index (χ2n) is 4.98. The molecule has 0 radical (unpaired) electrons. The van der Waals surface area contributed by atoms with Crippen molar-refractivity contribution in [1.29, 1.82) is 0 Å². The van der Waals surface area contributed by atoms with Crippen molar-refractivity contribution in [3.8, 4) is 0 Å². The van der Waals surface area contributed by atoms with E-state index in [-0.39, 0.29) is 5.91 Å².